The van der Waals surface area contributed by atoms with E-state index in [2.05, 4.69) is 25.7 Å². The first kappa shape index (κ1) is 34.6. The van der Waals surface area contributed by atoms with Crippen molar-refractivity contribution >= 4 is 23.2 Å². The van der Waals surface area contributed by atoms with Crippen LogP contribution in [0.4, 0.5) is 0 Å². The van der Waals surface area contributed by atoms with Gasteiger partial charge < -0.3 is 14.8 Å². The van der Waals surface area contributed by atoms with Crippen LogP contribution in [0.1, 0.15) is 24.0 Å². The van der Waals surface area contributed by atoms with Crippen molar-refractivity contribution in [3.63, 3.8) is 0 Å². The molecule has 15 heteroatoms. The Hall–Kier alpha value is -5.24. The molecular weight excluding hydrogens is 681 g/mol. The average Bonchev–Trinajstić information content (AvgIpc) is 3.75. The van der Waals surface area contributed by atoms with Crippen LogP contribution in [-0.2, 0) is 26.1 Å². The Morgan fingerprint density at radius 3 is 1.74 bits per heavy atom. The van der Waals surface area contributed by atoms with Gasteiger partial charge in [0.2, 0.25) is 11.8 Å². The zero-order valence-electron chi connectivity index (χ0n) is 27.5. The molecule has 0 fully saturated rings. The third-order valence-electron chi connectivity index (χ3n) is 8.28. The summed E-state index contributed by atoms with van der Waals surface area (Å²) in [5.41, 5.74) is 5.64. The lowest BCUT2D eigenvalue weighted by molar-refractivity contribution is 0.391. The van der Waals surface area contributed by atoms with E-state index in [1.165, 1.54) is 17.2 Å². The number of unbranched alkanes of at least 4 members (excludes halogenated alkanes) is 1. The van der Waals surface area contributed by atoms with Crippen LogP contribution >= 0.6 is 23.2 Å². The summed E-state index contributed by atoms with van der Waals surface area (Å²) < 4.78 is 14.3. The number of nitrogens with one attached hydrogen (secondary N) is 3. The van der Waals surface area contributed by atoms with E-state index in [1.807, 2.05) is 60.7 Å². The van der Waals surface area contributed by atoms with Crippen LogP contribution in [0.2, 0.25) is 10.0 Å². The third kappa shape index (κ3) is 7.65. The van der Waals surface area contributed by atoms with E-state index in [4.69, 9.17) is 42.6 Å². The van der Waals surface area contributed by atoms with Gasteiger partial charge in [-0.05, 0) is 31.4 Å². The SMILES string of the molecule is COc1nc(-c2cccc(-c3cccc(-c4ccc(CNCCn5cn[nH]c5=O)c(OC)n4)c3Cl)c2Cl)ccc1CCCCn1cn[nH]c1=O. The minimum atomic E-state index is -0.250. The highest BCUT2D eigenvalue weighted by atomic mass is 35.5. The van der Waals surface area contributed by atoms with E-state index < -0.39 is 0 Å². The van der Waals surface area contributed by atoms with Crippen LogP contribution in [0, 0.1) is 0 Å². The molecule has 3 N–H and O–H groups in total. The van der Waals surface area contributed by atoms with Crippen LogP contribution in [0.5, 0.6) is 11.8 Å². The number of halogens is 2. The molecule has 4 heterocycles. The lowest BCUT2D eigenvalue weighted by Crippen LogP contribution is -2.25. The summed E-state index contributed by atoms with van der Waals surface area (Å²) in [4.78, 5) is 32.9. The molecule has 0 saturated carbocycles. The summed E-state index contributed by atoms with van der Waals surface area (Å²) in [6.45, 7) is 2.11. The van der Waals surface area contributed by atoms with Gasteiger partial charge in [0.15, 0.2) is 0 Å². The van der Waals surface area contributed by atoms with Crippen molar-refractivity contribution in [1.82, 2.24) is 44.8 Å². The zero-order chi connectivity index (χ0) is 35.0. The van der Waals surface area contributed by atoms with Crippen LogP contribution in [0.25, 0.3) is 33.6 Å². The van der Waals surface area contributed by atoms with Gasteiger partial charge in [-0.3, -0.25) is 9.13 Å². The molecule has 0 unspecified atom stereocenters. The highest BCUT2D eigenvalue weighted by Crippen LogP contribution is 2.42. The predicted octanol–water partition coefficient (Wildman–Crippen LogP) is 5.38. The Morgan fingerprint density at radius 2 is 1.20 bits per heavy atom. The molecule has 0 amide bonds. The van der Waals surface area contributed by atoms with Crippen LogP contribution in [0.3, 0.4) is 0 Å². The van der Waals surface area contributed by atoms with Crippen molar-refractivity contribution in [2.75, 3.05) is 20.8 Å². The van der Waals surface area contributed by atoms with Crippen LogP contribution in [-0.4, -0.2) is 60.3 Å². The maximum absolute atomic E-state index is 11.7. The number of hydrogen-bond donors (Lipinski definition) is 3. The molecule has 0 bridgehead atoms. The minimum Gasteiger partial charge on any atom is -0.481 e. The number of aromatic amines is 2. The molecule has 0 aliphatic heterocycles. The summed E-state index contributed by atoms with van der Waals surface area (Å²) in [7, 11) is 3.17. The molecule has 0 atom stereocenters. The highest BCUT2D eigenvalue weighted by Gasteiger charge is 2.18. The Kier molecular flexibility index (Phi) is 11.1. The van der Waals surface area contributed by atoms with Crippen molar-refractivity contribution in [1.29, 1.82) is 0 Å². The first-order valence-corrected chi connectivity index (χ1v) is 16.7. The van der Waals surface area contributed by atoms with E-state index >= 15 is 0 Å². The first-order chi connectivity index (χ1) is 24.4. The standard InChI is InChI=1S/C35H35Cl2N9O4/c1-49-32-22(7-3-4-17-45-20-39-43-34(45)47)12-14-28(41-32)26-10-5-8-24(30(26)36)25-9-6-11-27(31(25)37)29-15-13-23(33(42-29)50-2)19-38-16-18-46-21-40-44-35(46)48/h5-6,8-15,20-21,38H,3-4,7,16-19H2,1-2H3,(H,43,47)(H,44,48). The summed E-state index contributed by atoms with van der Waals surface area (Å²) in [6, 6.07) is 19.3. The fraction of sp³-hybridized carbons (Fsp3) is 0.257. The Bertz CT molecular complexity index is 2050. The number of nitrogens with zero attached hydrogens (tertiary/aromatic N) is 6. The van der Waals surface area contributed by atoms with Gasteiger partial charge in [-0.1, -0.05) is 71.7 Å². The predicted molar refractivity (Wildman–Crippen MR) is 192 cm³/mol. The fourth-order valence-electron chi connectivity index (χ4n) is 5.67. The molecule has 2 aromatic carbocycles. The Labute approximate surface area is 297 Å². The molecule has 258 valence electrons. The fourth-order valence-corrected chi connectivity index (χ4v) is 6.32. The lowest BCUT2D eigenvalue weighted by Gasteiger charge is -2.15. The smallest absolute Gasteiger partial charge is 0.343 e. The largest absolute Gasteiger partial charge is 0.481 e. The van der Waals surface area contributed by atoms with Gasteiger partial charge in [0.1, 0.15) is 12.7 Å². The van der Waals surface area contributed by atoms with Crippen LogP contribution < -0.4 is 26.2 Å². The minimum absolute atomic E-state index is 0.212. The second kappa shape index (κ2) is 16.0. The van der Waals surface area contributed by atoms with Gasteiger partial charge >= 0.3 is 11.4 Å². The second-order valence-electron chi connectivity index (χ2n) is 11.4. The van der Waals surface area contributed by atoms with E-state index in [0.29, 0.717) is 59.4 Å². The van der Waals surface area contributed by atoms with Gasteiger partial charge in [-0.2, -0.15) is 10.2 Å². The molecule has 0 spiro atoms. The van der Waals surface area contributed by atoms with Crippen molar-refractivity contribution < 1.29 is 9.47 Å². The number of rotatable bonds is 15. The van der Waals surface area contributed by atoms with E-state index in [0.717, 1.165) is 52.6 Å². The molecule has 6 rings (SSSR count). The molecule has 13 nitrogen and oxygen atoms in total. The summed E-state index contributed by atoms with van der Waals surface area (Å²) in [6.07, 6.45) is 5.36. The van der Waals surface area contributed by atoms with Gasteiger partial charge in [0.05, 0.1) is 35.7 Å². The number of pyridine rings is 2. The maximum atomic E-state index is 11.7. The van der Waals surface area contributed by atoms with Gasteiger partial charge in [-0.25, -0.2) is 29.8 Å². The van der Waals surface area contributed by atoms with Crippen molar-refractivity contribution in [3.8, 4) is 45.4 Å². The Balaban J connectivity index is 1.19. The number of hydrogen-bond acceptors (Lipinski definition) is 9. The Morgan fingerprint density at radius 1 is 0.680 bits per heavy atom. The number of benzene rings is 2. The average molecular weight is 717 g/mol. The first-order valence-electron chi connectivity index (χ1n) is 15.9. The molecule has 4 aromatic heterocycles. The van der Waals surface area contributed by atoms with E-state index in [-0.39, 0.29) is 11.4 Å². The number of aryl methyl sites for hydroxylation is 2. The van der Waals surface area contributed by atoms with E-state index in [9.17, 15) is 9.59 Å². The van der Waals surface area contributed by atoms with Crippen molar-refractivity contribution in [3.05, 3.63) is 115 Å². The van der Waals surface area contributed by atoms with Gasteiger partial charge in [-0.15, -0.1) is 0 Å². The van der Waals surface area contributed by atoms with Gasteiger partial charge in [0.25, 0.3) is 0 Å². The number of aromatic nitrogens is 8. The molecule has 0 radical (unpaired) electrons. The van der Waals surface area contributed by atoms with Gasteiger partial charge in [0, 0.05) is 59.6 Å². The topological polar surface area (TPSA) is 158 Å². The number of H-pyrrole nitrogens is 2. The summed E-state index contributed by atoms with van der Waals surface area (Å²) in [5.74, 6) is 0.991. The molecular formula is C35H35Cl2N9O4. The number of methoxy groups -OCH3 is 2. The molecule has 6 aromatic rings. The molecule has 0 saturated heterocycles. The van der Waals surface area contributed by atoms with Crippen molar-refractivity contribution in [2.45, 2.75) is 38.9 Å². The quantitative estimate of drug-likeness (QED) is 0.119. The van der Waals surface area contributed by atoms with E-state index in [1.54, 1.807) is 18.8 Å². The monoisotopic (exact) mass is 715 g/mol. The maximum Gasteiger partial charge on any atom is 0.343 e. The summed E-state index contributed by atoms with van der Waals surface area (Å²) in [5, 5.41) is 16.6. The molecule has 0 aliphatic rings. The van der Waals surface area contributed by atoms with Crippen molar-refractivity contribution in [2.24, 2.45) is 0 Å². The molecule has 50 heavy (non-hydrogen) atoms. The summed E-state index contributed by atoms with van der Waals surface area (Å²) >= 11 is 14.1. The third-order valence-corrected chi connectivity index (χ3v) is 9.10. The van der Waals surface area contributed by atoms with Crippen LogP contribution in [0.15, 0.2) is 82.9 Å². The normalized spacial score (nSPS) is 11.2. The molecule has 0 aliphatic carbocycles. The lowest BCUT2D eigenvalue weighted by atomic mass is 9.98. The zero-order valence-corrected chi connectivity index (χ0v) is 29.0. The second-order valence-corrected chi connectivity index (χ2v) is 12.2. The number of ether oxygens (including phenoxy) is 2. The highest BCUT2D eigenvalue weighted by molar-refractivity contribution is 6.39.